The van der Waals surface area contributed by atoms with Crippen molar-refractivity contribution in [3.63, 3.8) is 0 Å². The number of hydrogen-bond acceptors (Lipinski definition) is 2. The summed E-state index contributed by atoms with van der Waals surface area (Å²) in [6.45, 7) is 2.58. The van der Waals surface area contributed by atoms with Crippen molar-refractivity contribution in [3.8, 4) is 5.75 Å². The molecule has 0 spiro atoms. The van der Waals surface area contributed by atoms with Gasteiger partial charge in [0.25, 0.3) is 0 Å². The average molecular weight is 309 g/mol. The first-order chi connectivity index (χ1) is 8.11. The van der Waals surface area contributed by atoms with Gasteiger partial charge in [0.05, 0.1) is 5.03 Å². The summed E-state index contributed by atoms with van der Waals surface area (Å²) in [5.41, 5.74) is 7.86. The highest BCUT2D eigenvalue weighted by molar-refractivity contribution is 6.50. The minimum Gasteiger partial charge on any atom is -0.489 e. The van der Waals surface area contributed by atoms with E-state index in [9.17, 15) is 0 Å². The molecule has 1 aliphatic heterocycles. The molecule has 0 fully saturated rings. The van der Waals surface area contributed by atoms with Crippen molar-refractivity contribution in [3.05, 3.63) is 34.4 Å². The molecule has 0 saturated carbocycles. The largest absolute Gasteiger partial charge is 0.489 e. The van der Waals surface area contributed by atoms with Crippen molar-refractivity contribution in [2.24, 2.45) is 5.73 Å². The Balaban J connectivity index is 0.00000162. The zero-order chi connectivity index (χ0) is 12.4. The van der Waals surface area contributed by atoms with Crippen molar-refractivity contribution < 1.29 is 4.74 Å². The van der Waals surface area contributed by atoms with E-state index in [2.05, 4.69) is 6.92 Å². The van der Waals surface area contributed by atoms with Gasteiger partial charge < -0.3 is 10.5 Å². The number of halogens is 3. The lowest BCUT2D eigenvalue weighted by atomic mass is 10.0. The van der Waals surface area contributed by atoms with Gasteiger partial charge in [0.2, 0.25) is 0 Å². The Hall–Kier alpha value is -0.410. The first kappa shape index (κ1) is 15.6. The van der Waals surface area contributed by atoms with E-state index in [1.165, 1.54) is 0 Å². The molecule has 1 aliphatic rings. The van der Waals surface area contributed by atoms with Crippen LogP contribution in [0.3, 0.4) is 0 Å². The third-order valence-electron chi connectivity index (χ3n) is 2.92. The maximum Gasteiger partial charge on any atom is 0.128 e. The molecule has 1 atom stereocenters. The van der Waals surface area contributed by atoms with Crippen molar-refractivity contribution in [2.75, 3.05) is 6.61 Å². The Morgan fingerprint density at radius 3 is 2.78 bits per heavy atom. The van der Waals surface area contributed by atoms with Gasteiger partial charge in [-0.15, -0.1) is 12.4 Å². The summed E-state index contributed by atoms with van der Waals surface area (Å²) in [6.07, 6.45) is 1.69. The smallest absolute Gasteiger partial charge is 0.128 e. The molecular weight excluding hydrogens is 293 g/mol. The molecule has 1 heterocycles. The fraction of sp³-hybridized carbons (Fsp3) is 0.385. The number of fused-ring (bicyclic) bond motifs is 1. The quantitative estimate of drug-likeness (QED) is 0.907. The number of hydrogen-bond donors (Lipinski definition) is 1. The molecule has 1 aromatic rings. The van der Waals surface area contributed by atoms with Gasteiger partial charge in [0.15, 0.2) is 0 Å². The molecule has 18 heavy (non-hydrogen) atoms. The topological polar surface area (TPSA) is 35.2 Å². The van der Waals surface area contributed by atoms with Gasteiger partial charge in [-0.3, -0.25) is 0 Å². The Bertz CT molecular complexity index is 460. The number of ether oxygens (including phenoxy) is 1. The van der Waals surface area contributed by atoms with Crippen LogP contribution in [0.5, 0.6) is 5.75 Å². The molecule has 100 valence electrons. The molecule has 0 amide bonds. The monoisotopic (exact) mass is 307 g/mol. The minimum atomic E-state index is 0. The van der Waals surface area contributed by atoms with Gasteiger partial charge in [-0.2, -0.15) is 0 Å². The molecule has 0 bridgehead atoms. The van der Waals surface area contributed by atoms with Crippen LogP contribution in [0.15, 0.2) is 23.8 Å². The Morgan fingerprint density at radius 2 is 2.11 bits per heavy atom. The lowest BCUT2D eigenvalue weighted by Crippen LogP contribution is -2.22. The molecule has 1 aromatic carbocycles. The molecular formula is C13H16Cl3NO. The number of nitrogens with two attached hydrogens (primary N) is 1. The fourth-order valence-corrected chi connectivity index (χ4v) is 2.28. The first-order valence-electron chi connectivity index (χ1n) is 5.67. The third-order valence-corrected chi connectivity index (χ3v) is 3.63. The first-order valence-corrected chi connectivity index (χ1v) is 6.43. The van der Waals surface area contributed by atoms with Crippen LogP contribution in [0.2, 0.25) is 5.02 Å². The lowest BCUT2D eigenvalue weighted by Gasteiger charge is -2.22. The molecule has 2 N–H and O–H groups in total. The molecule has 0 aromatic heterocycles. The van der Waals surface area contributed by atoms with E-state index in [1.54, 1.807) is 6.07 Å². The molecule has 2 nitrogen and oxygen atoms in total. The van der Waals surface area contributed by atoms with Crippen molar-refractivity contribution in [2.45, 2.75) is 25.8 Å². The molecule has 0 aliphatic carbocycles. The van der Waals surface area contributed by atoms with Gasteiger partial charge in [0, 0.05) is 16.6 Å². The Labute approximate surface area is 124 Å². The summed E-state index contributed by atoms with van der Waals surface area (Å²) in [4.78, 5) is 0. The molecule has 5 heteroatoms. The van der Waals surface area contributed by atoms with Crippen molar-refractivity contribution >= 4 is 40.6 Å². The van der Waals surface area contributed by atoms with Crippen LogP contribution in [-0.2, 0) is 0 Å². The third kappa shape index (κ3) is 3.33. The highest BCUT2D eigenvalue weighted by Crippen LogP contribution is 2.38. The lowest BCUT2D eigenvalue weighted by molar-refractivity contribution is 0.339. The minimum absolute atomic E-state index is 0. The van der Waals surface area contributed by atoms with Gasteiger partial charge >= 0.3 is 0 Å². The zero-order valence-electron chi connectivity index (χ0n) is 10.1. The Kier molecular flexibility index (Phi) is 5.80. The number of rotatable bonds is 3. The molecule has 0 radical (unpaired) electrons. The van der Waals surface area contributed by atoms with Crippen LogP contribution >= 0.6 is 35.6 Å². The second-order valence-electron chi connectivity index (χ2n) is 4.22. The highest BCUT2D eigenvalue weighted by Gasteiger charge is 2.20. The van der Waals surface area contributed by atoms with E-state index >= 15 is 0 Å². The second-order valence-corrected chi connectivity index (χ2v) is 5.03. The van der Waals surface area contributed by atoms with Gasteiger partial charge in [0.1, 0.15) is 12.4 Å². The predicted octanol–water partition coefficient (Wildman–Crippen LogP) is 4.23. The maximum absolute atomic E-state index is 6.37. The van der Waals surface area contributed by atoms with Crippen LogP contribution in [0, 0.1) is 0 Å². The number of benzene rings is 1. The van der Waals surface area contributed by atoms with Crippen molar-refractivity contribution in [1.29, 1.82) is 0 Å². The van der Waals surface area contributed by atoms with Crippen LogP contribution in [0.25, 0.3) is 5.03 Å². The van der Waals surface area contributed by atoms with E-state index in [0.29, 0.717) is 11.6 Å². The van der Waals surface area contributed by atoms with E-state index in [-0.39, 0.29) is 18.4 Å². The molecule has 1 unspecified atom stereocenters. The van der Waals surface area contributed by atoms with Gasteiger partial charge in [-0.05, 0) is 36.6 Å². The normalized spacial score (nSPS) is 15.6. The summed E-state index contributed by atoms with van der Waals surface area (Å²) in [6, 6.07) is 5.60. The Morgan fingerprint density at radius 1 is 1.39 bits per heavy atom. The van der Waals surface area contributed by atoms with Gasteiger partial charge in [-0.25, -0.2) is 0 Å². The zero-order valence-corrected chi connectivity index (χ0v) is 12.4. The summed E-state index contributed by atoms with van der Waals surface area (Å²) >= 11 is 12.3. The van der Waals surface area contributed by atoms with Crippen LogP contribution < -0.4 is 10.5 Å². The average Bonchev–Trinajstić information content (AvgIpc) is 2.33. The van der Waals surface area contributed by atoms with Crippen molar-refractivity contribution in [1.82, 2.24) is 0 Å². The maximum atomic E-state index is 6.37. The standard InChI is InChI=1S/C13H15Cl2NO.ClH/c1-2-10(16)5-8-7-17-12-4-3-9(14)6-11(12)13(8)15;/h3-4,6,10H,2,5,7,16H2,1H3;1H. The van der Waals surface area contributed by atoms with Gasteiger partial charge in [-0.1, -0.05) is 30.1 Å². The van der Waals surface area contributed by atoms with Crippen LogP contribution in [-0.4, -0.2) is 12.6 Å². The molecule has 0 saturated heterocycles. The van der Waals surface area contributed by atoms with E-state index < -0.39 is 0 Å². The summed E-state index contributed by atoms with van der Waals surface area (Å²) in [5, 5.41) is 1.39. The van der Waals surface area contributed by atoms with Crippen LogP contribution in [0.1, 0.15) is 25.3 Å². The predicted molar refractivity (Wildman–Crippen MR) is 79.9 cm³/mol. The highest BCUT2D eigenvalue weighted by atomic mass is 35.5. The summed E-state index contributed by atoms with van der Waals surface area (Å²) < 4.78 is 5.65. The second kappa shape index (κ2) is 6.67. The van der Waals surface area contributed by atoms with Crippen LogP contribution in [0.4, 0.5) is 0 Å². The van der Waals surface area contributed by atoms with E-state index in [4.69, 9.17) is 33.7 Å². The SMILES string of the molecule is CCC(N)CC1=C(Cl)c2cc(Cl)ccc2OC1.Cl. The van der Waals surface area contributed by atoms with E-state index in [0.717, 1.165) is 34.8 Å². The van der Waals surface area contributed by atoms with E-state index in [1.807, 2.05) is 12.1 Å². The molecule has 2 rings (SSSR count). The summed E-state index contributed by atoms with van der Waals surface area (Å²) in [5.74, 6) is 0.785. The fourth-order valence-electron chi connectivity index (χ4n) is 1.83. The summed E-state index contributed by atoms with van der Waals surface area (Å²) in [7, 11) is 0.